The monoisotopic (exact) mass is 343 g/mol. The maximum Gasteiger partial charge on any atom is 0.274 e. The van der Waals surface area contributed by atoms with Crippen molar-refractivity contribution < 1.29 is 14.4 Å². The molecule has 0 spiro atoms. The van der Waals surface area contributed by atoms with E-state index >= 15 is 0 Å². The van der Waals surface area contributed by atoms with Crippen LogP contribution < -0.4 is 20.1 Å². The largest absolute Gasteiger partial charge is 0.497 e. The van der Waals surface area contributed by atoms with Gasteiger partial charge in [-0.05, 0) is 35.4 Å². The highest BCUT2D eigenvalue weighted by molar-refractivity contribution is 5.28. The zero-order valence-corrected chi connectivity index (χ0v) is 14.2. The Balaban J connectivity index is 1.94. The smallest absolute Gasteiger partial charge is 0.274 e. The third kappa shape index (κ3) is 6.06. The van der Waals surface area contributed by atoms with Crippen LogP contribution >= 0.6 is 0 Å². The first-order valence-corrected chi connectivity index (χ1v) is 7.69. The van der Waals surface area contributed by atoms with Crippen molar-refractivity contribution >= 4 is 0 Å². The summed E-state index contributed by atoms with van der Waals surface area (Å²) in [6, 6.07) is 15.0. The van der Waals surface area contributed by atoms with E-state index < -0.39 is 4.92 Å². The molecule has 0 saturated heterocycles. The van der Waals surface area contributed by atoms with Crippen LogP contribution in [0.2, 0.25) is 0 Å². The lowest BCUT2D eigenvalue weighted by Gasteiger charge is -2.12. The normalized spacial score (nSPS) is 9.84. The molecule has 0 bridgehead atoms. The van der Waals surface area contributed by atoms with Crippen molar-refractivity contribution in [3.8, 4) is 11.5 Å². The van der Waals surface area contributed by atoms with Crippen molar-refractivity contribution in [1.82, 2.24) is 10.6 Å². The number of methoxy groups -OCH3 is 2. The van der Waals surface area contributed by atoms with Gasteiger partial charge in [-0.2, -0.15) is 0 Å². The average Bonchev–Trinajstić information content (AvgIpc) is 2.64. The standard InChI is InChI=1S/C18H21N3O4/c1-24-16-7-3-14(4-8-16)11-19-18(13-21(22)23)20-12-15-5-9-17(25-2)10-6-15/h3-10,13,19-20H,11-12H2,1-2H3. The number of nitrogens with one attached hydrogen (secondary N) is 2. The second-order valence-corrected chi connectivity index (χ2v) is 5.23. The van der Waals surface area contributed by atoms with Gasteiger partial charge >= 0.3 is 0 Å². The van der Waals surface area contributed by atoms with E-state index in [-0.39, 0.29) is 0 Å². The molecule has 2 aromatic carbocycles. The Morgan fingerprint density at radius 2 is 1.32 bits per heavy atom. The van der Waals surface area contributed by atoms with Gasteiger partial charge in [0.05, 0.1) is 19.1 Å². The highest BCUT2D eigenvalue weighted by atomic mass is 16.6. The third-order valence-electron chi connectivity index (χ3n) is 3.52. The van der Waals surface area contributed by atoms with Gasteiger partial charge in [-0.3, -0.25) is 10.1 Å². The van der Waals surface area contributed by atoms with Gasteiger partial charge in [0.15, 0.2) is 5.82 Å². The minimum absolute atomic E-state index is 0.344. The van der Waals surface area contributed by atoms with Gasteiger partial charge in [-0.25, -0.2) is 0 Å². The molecule has 0 heterocycles. The topological polar surface area (TPSA) is 85.7 Å². The number of rotatable bonds is 9. The maximum atomic E-state index is 10.8. The van der Waals surface area contributed by atoms with Crippen LogP contribution in [0, 0.1) is 10.1 Å². The molecular formula is C18H21N3O4. The molecule has 0 aliphatic carbocycles. The number of hydrogen-bond acceptors (Lipinski definition) is 6. The Morgan fingerprint density at radius 1 is 0.920 bits per heavy atom. The maximum absolute atomic E-state index is 10.8. The minimum atomic E-state index is -0.489. The van der Waals surface area contributed by atoms with Crippen molar-refractivity contribution in [2.24, 2.45) is 0 Å². The fourth-order valence-electron chi connectivity index (χ4n) is 2.14. The first-order chi connectivity index (χ1) is 12.1. The van der Waals surface area contributed by atoms with Crippen LogP contribution in [0.4, 0.5) is 0 Å². The number of nitro groups is 1. The van der Waals surface area contributed by atoms with Gasteiger partial charge in [0.25, 0.3) is 6.20 Å². The van der Waals surface area contributed by atoms with Crippen LogP contribution in [0.25, 0.3) is 0 Å². The Labute approximate surface area is 146 Å². The zero-order valence-electron chi connectivity index (χ0n) is 14.2. The minimum Gasteiger partial charge on any atom is -0.497 e. The Kier molecular flexibility index (Phi) is 6.65. The zero-order chi connectivity index (χ0) is 18.1. The molecule has 0 fully saturated rings. The Hall–Kier alpha value is -3.22. The number of nitrogens with zero attached hydrogens (tertiary/aromatic N) is 1. The lowest BCUT2D eigenvalue weighted by atomic mass is 10.2. The summed E-state index contributed by atoms with van der Waals surface area (Å²) in [4.78, 5) is 10.3. The predicted octanol–water partition coefficient (Wildman–Crippen LogP) is 2.66. The molecule has 132 valence electrons. The van der Waals surface area contributed by atoms with Crippen molar-refractivity contribution in [2.75, 3.05) is 14.2 Å². The van der Waals surface area contributed by atoms with Crippen LogP contribution in [0.3, 0.4) is 0 Å². The van der Waals surface area contributed by atoms with E-state index in [0.717, 1.165) is 28.8 Å². The Bertz CT molecular complexity index is 659. The van der Waals surface area contributed by atoms with Crippen LogP contribution in [0.15, 0.2) is 60.6 Å². The summed E-state index contributed by atoms with van der Waals surface area (Å²) in [5, 5.41) is 16.9. The molecule has 0 aliphatic heterocycles. The van der Waals surface area contributed by atoms with Gasteiger partial charge < -0.3 is 20.1 Å². The molecule has 7 heteroatoms. The van der Waals surface area contributed by atoms with E-state index in [1.165, 1.54) is 0 Å². The van der Waals surface area contributed by atoms with Gasteiger partial charge in [-0.15, -0.1) is 0 Å². The number of hydrogen-bond donors (Lipinski definition) is 2. The highest BCUT2D eigenvalue weighted by Crippen LogP contribution is 2.12. The summed E-state index contributed by atoms with van der Waals surface area (Å²) in [5.74, 6) is 1.88. The fourth-order valence-corrected chi connectivity index (χ4v) is 2.14. The second kappa shape index (κ2) is 9.17. The van der Waals surface area contributed by atoms with Crippen molar-refractivity contribution in [1.29, 1.82) is 0 Å². The summed E-state index contributed by atoms with van der Waals surface area (Å²) in [6.45, 7) is 0.915. The molecule has 2 rings (SSSR count). The summed E-state index contributed by atoms with van der Waals surface area (Å²) >= 11 is 0. The molecule has 25 heavy (non-hydrogen) atoms. The molecule has 0 unspecified atom stereocenters. The van der Waals surface area contributed by atoms with E-state index in [0.29, 0.717) is 18.9 Å². The lowest BCUT2D eigenvalue weighted by molar-refractivity contribution is -0.404. The third-order valence-corrected chi connectivity index (χ3v) is 3.52. The molecule has 0 saturated carbocycles. The van der Waals surface area contributed by atoms with Crippen LogP contribution in [0.1, 0.15) is 11.1 Å². The van der Waals surface area contributed by atoms with Crippen LogP contribution in [0.5, 0.6) is 11.5 Å². The lowest BCUT2D eigenvalue weighted by Crippen LogP contribution is -2.26. The summed E-state index contributed by atoms with van der Waals surface area (Å²) in [7, 11) is 3.21. The molecule has 2 aromatic rings. The summed E-state index contributed by atoms with van der Waals surface area (Å²) < 4.78 is 10.2. The molecule has 7 nitrogen and oxygen atoms in total. The van der Waals surface area contributed by atoms with Gasteiger partial charge in [-0.1, -0.05) is 24.3 Å². The molecule has 0 aromatic heterocycles. The summed E-state index contributed by atoms with van der Waals surface area (Å²) in [5.41, 5.74) is 1.97. The quantitative estimate of drug-likeness (QED) is 0.538. The number of ether oxygens (including phenoxy) is 2. The van der Waals surface area contributed by atoms with Gasteiger partial charge in [0.1, 0.15) is 11.5 Å². The van der Waals surface area contributed by atoms with Gasteiger partial charge in [0, 0.05) is 13.1 Å². The van der Waals surface area contributed by atoms with Gasteiger partial charge in [0.2, 0.25) is 0 Å². The average molecular weight is 343 g/mol. The first kappa shape index (κ1) is 18.1. The summed E-state index contributed by atoms with van der Waals surface area (Å²) in [6.07, 6.45) is 0.924. The highest BCUT2D eigenvalue weighted by Gasteiger charge is 2.04. The predicted molar refractivity (Wildman–Crippen MR) is 94.7 cm³/mol. The van der Waals surface area contributed by atoms with E-state index in [1.54, 1.807) is 14.2 Å². The molecule has 0 aliphatic rings. The fraction of sp³-hybridized carbons (Fsp3) is 0.222. The molecule has 2 N–H and O–H groups in total. The van der Waals surface area contributed by atoms with Crippen molar-refractivity contribution in [3.63, 3.8) is 0 Å². The van der Waals surface area contributed by atoms with Crippen LogP contribution in [-0.4, -0.2) is 19.1 Å². The van der Waals surface area contributed by atoms with E-state index in [1.807, 2.05) is 48.5 Å². The molecule has 0 atom stereocenters. The van der Waals surface area contributed by atoms with Crippen LogP contribution in [-0.2, 0) is 13.1 Å². The molecule has 0 amide bonds. The van der Waals surface area contributed by atoms with E-state index in [4.69, 9.17) is 9.47 Å². The molecular weight excluding hydrogens is 322 g/mol. The first-order valence-electron chi connectivity index (χ1n) is 7.69. The van der Waals surface area contributed by atoms with Crippen molar-refractivity contribution in [3.05, 3.63) is 81.8 Å². The second-order valence-electron chi connectivity index (χ2n) is 5.23. The number of benzene rings is 2. The Morgan fingerprint density at radius 3 is 1.64 bits per heavy atom. The van der Waals surface area contributed by atoms with Crippen molar-refractivity contribution in [2.45, 2.75) is 13.1 Å². The van der Waals surface area contributed by atoms with E-state index in [2.05, 4.69) is 10.6 Å². The SMILES string of the molecule is COc1ccc(CNC(=C[N+](=O)[O-])NCc2ccc(OC)cc2)cc1. The van der Waals surface area contributed by atoms with E-state index in [9.17, 15) is 10.1 Å². The molecule has 0 radical (unpaired) electrons.